The Kier molecular flexibility index (Phi) is 7.42. The second-order valence-electron chi connectivity index (χ2n) is 16.0. The van der Waals surface area contributed by atoms with Crippen LogP contribution in [0.3, 0.4) is 0 Å². The minimum absolute atomic E-state index is 0.0982. The van der Waals surface area contributed by atoms with E-state index in [-0.39, 0.29) is 5.41 Å². The lowest BCUT2D eigenvalue weighted by Crippen LogP contribution is -2.32. The summed E-state index contributed by atoms with van der Waals surface area (Å²) < 4.78 is 11.8. The van der Waals surface area contributed by atoms with Gasteiger partial charge in [-0.3, -0.25) is 0 Å². The quantitative estimate of drug-likeness (QED) is 0.175. The lowest BCUT2D eigenvalue weighted by molar-refractivity contribution is 0.590. The molecule has 1 aliphatic carbocycles. The molecule has 3 heterocycles. The molecule has 56 heavy (non-hydrogen) atoms. The van der Waals surface area contributed by atoms with Crippen molar-refractivity contribution in [2.45, 2.75) is 39.0 Å². The number of furan rings is 1. The van der Waals surface area contributed by atoms with Crippen LogP contribution in [-0.2, 0) is 5.41 Å². The third kappa shape index (κ3) is 5.17. The van der Waals surface area contributed by atoms with Crippen molar-refractivity contribution in [3.63, 3.8) is 0 Å². The first kappa shape index (κ1) is 33.0. The molecule has 10 aromatic rings. The first-order valence-electron chi connectivity index (χ1n) is 19.6. The predicted octanol–water partition coefficient (Wildman–Crippen LogP) is 13.4. The molecule has 0 aliphatic heterocycles. The van der Waals surface area contributed by atoms with Gasteiger partial charge in [-0.25, -0.2) is 0 Å². The first-order chi connectivity index (χ1) is 27.4. The third-order valence-corrected chi connectivity index (χ3v) is 12.9. The van der Waals surface area contributed by atoms with Crippen LogP contribution < -0.4 is 14.7 Å². The molecule has 0 N–H and O–H groups in total. The maximum atomic E-state index is 6.69. The van der Waals surface area contributed by atoms with Gasteiger partial charge in [-0.05, 0) is 94.8 Å². The van der Waals surface area contributed by atoms with Crippen molar-refractivity contribution in [3.05, 3.63) is 173 Å². The second kappa shape index (κ2) is 12.6. The minimum Gasteiger partial charge on any atom is -0.454 e. The molecule has 1 aliphatic rings. The zero-order valence-electron chi connectivity index (χ0n) is 31.7. The molecular weight excluding hydrogens is 701 g/mol. The molecule has 270 valence electrons. The summed E-state index contributed by atoms with van der Waals surface area (Å²) in [7, 11) is 0. The van der Waals surface area contributed by atoms with Gasteiger partial charge in [0.1, 0.15) is 5.58 Å². The molecule has 7 aromatic carbocycles. The van der Waals surface area contributed by atoms with E-state index in [1.54, 1.807) is 0 Å². The Morgan fingerprint density at radius 2 is 1.30 bits per heavy atom. The van der Waals surface area contributed by atoms with Gasteiger partial charge in [0.05, 0.1) is 21.3 Å². The minimum atomic E-state index is 0.0982. The lowest BCUT2D eigenvalue weighted by atomic mass is 9.87. The van der Waals surface area contributed by atoms with Gasteiger partial charge in [-0.1, -0.05) is 130 Å². The monoisotopic (exact) mass is 740 g/mol. The number of hydrogen-bond acceptors (Lipinski definition) is 3. The fraction of sp³-hybridized carbons (Fsp3) is 0.115. The van der Waals surface area contributed by atoms with Crippen molar-refractivity contribution in [1.29, 1.82) is 0 Å². The van der Waals surface area contributed by atoms with Crippen LogP contribution in [0.4, 0.5) is 11.4 Å². The zero-order chi connectivity index (χ0) is 37.5. The number of fused-ring (bicyclic) bond motifs is 9. The molecule has 3 aromatic heterocycles. The topological polar surface area (TPSA) is 21.3 Å². The van der Waals surface area contributed by atoms with E-state index in [4.69, 9.17) is 4.42 Å². The molecule has 0 saturated carbocycles. The highest BCUT2D eigenvalue weighted by Gasteiger charge is 2.24. The van der Waals surface area contributed by atoms with Gasteiger partial charge in [-0.2, -0.15) is 0 Å². The van der Waals surface area contributed by atoms with E-state index in [0.29, 0.717) is 0 Å². The van der Waals surface area contributed by atoms with Gasteiger partial charge in [-0.15, -0.1) is 11.3 Å². The highest BCUT2D eigenvalue weighted by molar-refractivity contribution is 7.17. The second-order valence-corrected chi connectivity index (χ2v) is 17.1. The van der Waals surface area contributed by atoms with E-state index in [2.05, 4.69) is 194 Å². The Hall–Kier alpha value is -6.36. The molecule has 3 nitrogen and oxygen atoms in total. The molecule has 11 rings (SSSR count). The van der Waals surface area contributed by atoms with Gasteiger partial charge in [0, 0.05) is 48.7 Å². The van der Waals surface area contributed by atoms with Crippen molar-refractivity contribution in [1.82, 2.24) is 4.57 Å². The number of rotatable bonds is 5. The van der Waals surface area contributed by atoms with Gasteiger partial charge in [0.2, 0.25) is 0 Å². The third-order valence-electron chi connectivity index (χ3n) is 11.6. The number of thiophene rings is 1. The number of benzene rings is 7. The zero-order valence-corrected chi connectivity index (χ0v) is 32.5. The van der Waals surface area contributed by atoms with Gasteiger partial charge in [0.25, 0.3) is 0 Å². The molecule has 0 radical (unpaired) electrons. The smallest absolute Gasteiger partial charge is 0.159 e. The van der Waals surface area contributed by atoms with Crippen molar-refractivity contribution in [3.8, 4) is 16.8 Å². The van der Waals surface area contributed by atoms with Crippen LogP contribution in [-0.4, -0.2) is 4.57 Å². The summed E-state index contributed by atoms with van der Waals surface area (Å²) in [6, 6.07) is 57.7. The number of aromatic nitrogens is 1. The van der Waals surface area contributed by atoms with E-state index in [9.17, 15) is 0 Å². The van der Waals surface area contributed by atoms with Gasteiger partial charge < -0.3 is 13.9 Å². The van der Waals surface area contributed by atoms with Crippen LogP contribution in [0.2, 0.25) is 0 Å². The van der Waals surface area contributed by atoms with E-state index < -0.39 is 0 Å². The number of anilines is 2. The molecule has 4 heteroatoms. The molecule has 0 fully saturated rings. The Labute approximate surface area is 329 Å². The van der Waals surface area contributed by atoms with Crippen LogP contribution >= 0.6 is 11.3 Å². The van der Waals surface area contributed by atoms with E-state index in [0.717, 1.165) is 46.2 Å². The van der Waals surface area contributed by atoms with E-state index in [1.165, 1.54) is 69.7 Å². The van der Waals surface area contributed by atoms with Crippen molar-refractivity contribution in [2.75, 3.05) is 4.90 Å². The molecule has 0 bridgehead atoms. The summed E-state index contributed by atoms with van der Waals surface area (Å²) in [5.41, 5.74) is 12.7. The Balaban J connectivity index is 1.08. The summed E-state index contributed by atoms with van der Waals surface area (Å²) in [6.07, 6.45) is 4.35. The number of nitrogens with zero attached hydrogens (tertiary/aromatic N) is 2. The fourth-order valence-electron chi connectivity index (χ4n) is 8.85. The van der Waals surface area contributed by atoms with Crippen molar-refractivity contribution >= 4 is 88.3 Å². The first-order valence-corrected chi connectivity index (χ1v) is 20.4. The fourth-order valence-corrected chi connectivity index (χ4v) is 10.1. The molecule has 0 atom stereocenters. The molecule has 0 spiro atoms. The maximum Gasteiger partial charge on any atom is 0.159 e. The lowest BCUT2D eigenvalue weighted by Gasteiger charge is -2.29. The standard InChI is InChI=1S/C52H40N2OS/c1-52(2,3)35-25-29-37(30-26-35)53-44-17-7-4-12-38(44)39-31-24-34(32-47(39)53)33-22-27-36(28-23-33)54(45-18-10-15-42-40-13-5-8-20-48(40)55-50(42)45)46-19-11-16-43-41-14-6-9-21-49(41)56-51(43)46/h4-10,12-18,20-32H,11,19H2,1-3H3. The summed E-state index contributed by atoms with van der Waals surface area (Å²) in [5, 5.41) is 7.48. The largest absolute Gasteiger partial charge is 0.454 e. The van der Waals surface area contributed by atoms with Gasteiger partial charge in [0.15, 0.2) is 5.58 Å². The van der Waals surface area contributed by atoms with Crippen LogP contribution in [0.25, 0.3) is 82.4 Å². The number of para-hydroxylation sites is 3. The average molecular weight is 741 g/mol. The number of hydrogen-bond donors (Lipinski definition) is 0. The Morgan fingerprint density at radius 3 is 2.12 bits per heavy atom. The normalized spacial score (nSPS) is 13.2. The van der Waals surface area contributed by atoms with Crippen LogP contribution in [0.15, 0.2) is 162 Å². The molecule has 0 amide bonds. The molecule has 0 saturated heterocycles. The van der Waals surface area contributed by atoms with Crippen LogP contribution in [0.5, 0.6) is 0 Å². The summed E-state index contributed by atoms with van der Waals surface area (Å²) in [5.74, 6) is 0. The SMILES string of the molecule is CC(C)(C)c1ccc(-n2c3ccccc3c3ccc(-c4ccc(N(C5=c6sc7ccccc7c6=CCC5)c5cccc6c5oc5ccccc56)cc4)cc32)cc1. The summed E-state index contributed by atoms with van der Waals surface area (Å²) in [6.45, 7) is 6.81. The van der Waals surface area contributed by atoms with Crippen LogP contribution in [0.1, 0.15) is 39.2 Å². The van der Waals surface area contributed by atoms with Gasteiger partial charge >= 0.3 is 0 Å². The molecular formula is C52H40N2OS. The van der Waals surface area contributed by atoms with Crippen molar-refractivity contribution in [2.24, 2.45) is 0 Å². The molecule has 0 unspecified atom stereocenters. The highest BCUT2D eigenvalue weighted by atomic mass is 32.1. The summed E-state index contributed by atoms with van der Waals surface area (Å²) in [4.78, 5) is 2.47. The van der Waals surface area contributed by atoms with Crippen molar-refractivity contribution < 1.29 is 4.42 Å². The average Bonchev–Trinajstić information content (AvgIpc) is 3.91. The summed E-state index contributed by atoms with van der Waals surface area (Å²) >= 11 is 1.90. The van der Waals surface area contributed by atoms with E-state index >= 15 is 0 Å². The Bertz CT molecular complexity index is 3280. The van der Waals surface area contributed by atoms with Crippen LogP contribution in [0, 0.1) is 0 Å². The van der Waals surface area contributed by atoms with E-state index in [1.807, 2.05) is 11.3 Å². The predicted molar refractivity (Wildman–Crippen MR) is 239 cm³/mol. The highest BCUT2D eigenvalue weighted by Crippen LogP contribution is 2.42. The Morgan fingerprint density at radius 1 is 0.607 bits per heavy atom. The maximum absolute atomic E-state index is 6.69.